The van der Waals surface area contributed by atoms with E-state index in [1.54, 1.807) is 0 Å². The second-order valence-corrected chi connectivity index (χ2v) is 6.74. The zero-order valence-electron chi connectivity index (χ0n) is 15.1. The summed E-state index contributed by atoms with van der Waals surface area (Å²) < 4.78 is 1.25. The van der Waals surface area contributed by atoms with E-state index in [1.165, 1.54) is 10.1 Å². The minimum atomic E-state index is -0.720. The van der Waals surface area contributed by atoms with Crippen LogP contribution in [0.5, 0.6) is 0 Å². The summed E-state index contributed by atoms with van der Waals surface area (Å²) in [5, 5.41) is 0. The number of nitrogens with two attached hydrogens (primary N) is 1. The summed E-state index contributed by atoms with van der Waals surface area (Å²) in [6.45, 7) is 4.36. The molecule has 3 N–H and O–H groups in total. The van der Waals surface area contributed by atoms with Gasteiger partial charge in [0.1, 0.15) is 11.4 Å². The lowest BCUT2D eigenvalue weighted by molar-refractivity contribution is 0.0995. The molecular formula is C19H24N4O3. The third-order valence-electron chi connectivity index (χ3n) is 4.94. The average molecular weight is 356 g/mol. The summed E-state index contributed by atoms with van der Waals surface area (Å²) in [4.78, 5) is 41.3. The number of hydrogen-bond acceptors (Lipinski definition) is 5. The van der Waals surface area contributed by atoms with Crippen LogP contribution >= 0.6 is 0 Å². The quantitative estimate of drug-likeness (QED) is 0.792. The Kier molecular flexibility index (Phi) is 4.97. The standard InChI is InChI=1S/C19H24N4O3/c1-3-10-22-17(20)16(18(25)21-19(22)26)15(24)11-23-12(2)8-9-13-6-4-5-7-14(13)23/h4-7,12H,3,8-11,20H2,1-2H3,(H,21,25,26)/t12-/m1/s1. The van der Waals surface area contributed by atoms with Crippen molar-refractivity contribution in [3.05, 3.63) is 56.2 Å². The van der Waals surface area contributed by atoms with E-state index in [9.17, 15) is 14.4 Å². The zero-order valence-corrected chi connectivity index (χ0v) is 15.1. The molecule has 1 aromatic heterocycles. The van der Waals surface area contributed by atoms with E-state index in [2.05, 4.69) is 18.0 Å². The van der Waals surface area contributed by atoms with Crippen LogP contribution in [0, 0.1) is 0 Å². The highest BCUT2D eigenvalue weighted by molar-refractivity contribution is 6.02. The van der Waals surface area contributed by atoms with Gasteiger partial charge in [-0.3, -0.25) is 19.1 Å². The highest BCUT2D eigenvalue weighted by Gasteiger charge is 2.27. The van der Waals surface area contributed by atoms with Crippen LogP contribution in [0.15, 0.2) is 33.9 Å². The fourth-order valence-electron chi connectivity index (χ4n) is 3.54. The van der Waals surface area contributed by atoms with Gasteiger partial charge >= 0.3 is 5.69 Å². The van der Waals surface area contributed by atoms with Crippen LogP contribution in [0.3, 0.4) is 0 Å². The molecule has 1 aliphatic rings. The Morgan fingerprint density at radius 2 is 2.04 bits per heavy atom. The lowest BCUT2D eigenvalue weighted by Crippen LogP contribution is -2.43. The van der Waals surface area contributed by atoms with Gasteiger partial charge in [0.25, 0.3) is 5.56 Å². The van der Waals surface area contributed by atoms with Crippen LogP contribution in [-0.2, 0) is 13.0 Å². The maximum absolute atomic E-state index is 12.9. The Hall–Kier alpha value is -2.83. The first kappa shape index (κ1) is 18.0. The first-order valence-corrected chi connectivity index (χ1v) is 8.94. The topological polar surface area (TPSA) is 101 Å². The van der Waals surface area contributed by atoms with Crippen molar-refractivity contribution in [2.45, 2.75) is 45.7 Å². The summed E-state index contributed by atoms with van der Waals surface area (Å²) >= 11 is 0. The molecule has 0 saturated heterocycles. The number of nitrogens with zero attached hydrogens (tertiary/aromatic N) is 2. The minimum absolute atomic E-state index is 0.0514. The van der Waals surface area contributed by atoms with Crippen LogP contribution in [0.25, 0.3) is 0 Å². The van der Waals surface area contributed by atoms with Gasteiger partial charge in [0.2, 0.25) is 0 Å². The van der Waals surface area contributed by atoms with Gasteiger partial charge in [-0.25, -0.2) is 4.79 Å². The third kappa shape index (κ3) is 3.16. The van der Waals surface area contributed by atoms with E-state index >= 15 is 0 Å². The van der Waals surface area contributed by atoms with E-state index in [-0.39, 0.29) is 29.8 Å². The molecule has 7 heteroatoms. The number of ketones is 1. The maximum atomic E-state index is 12.9. The average Bonchev–Trinajstić information content (AvgIpc) is 2.61. The highest BCUT2D eigenvalue weighted by atomic mass is 16.2. The van der Waals surface area contributed by atoms with E-state index in [1.807, 2.05) is 30.0 Å². The number of benzene rings is 1. The summed E-state index contributed by atoms with van der Waals surface area (Å²) in [5.41, 5.74) is 6.78. The summed E-state index contributed by atoms with van der Waals surface area (Å²) in [6, 6.07) is 8.15. The van der Waals surface area contributed by atoms with Gasteiger partial charge in [0.05, 0.1) is 6.54 Å². The van der Waals surface area contributed by atoms with Crippen molar-refractivity contribution >= 4 is 17.3 Å². The van der Waals surface area contributed by atoms with Gasteiger partial charge in [-0.1, -0.05) is 25.1 Å². The van der Waals surface area contributed by atoms with Gasteiger partial charge < -0.3 is 10.6 Å². The van der Waals surface area contributed by atoms with Crippen molar-refractivity contribution in [2.24, 2.45) is 0 Å². The molecular weight excluding hydrogens is 332 g/mol. The molecule has 2 heterocycles. The van der Waals surface area contributed by atoms with Crippen molar-refractivity contribution in [3.8, 4) is 0 Å². The number of nitrogen functional groups attached to an aromatic ring is 1. The van der Waals surface area contributed by atoms with Gasteiger partial charge in [-0.15, -0.1) is 0 Å². The monoisotopic (exact) mass is 356 g/mol. The van der Waals surface area contributed by atoms with Crippen LogP contribution in [0.1, 0.15) is 42.6 Å². The Morgan fingerprint density at radius 3 is 2.77 bits per heavy atom. The van der Waals surface area contributed by atoms with Crippen molar-refractivity contribution in [3.63, 3.8) is 0 Å². The number of anilines is 2. The molecule has 2 aromatic rings. The van der Waals surface area contributed by atoms with Crippen LogP contribution in [0.4, 0.5) is 11.5 Å². The van der Waals surface area contributed by atoms with E-state index in [4.69, 9.17) is 5.73 Å². The number of aromatic nitrogens is 2. The highest BCUT2D eigenvalue weighted by Crippen LogP contribution is 2.30. The maximum Gasteiger partial charge on any atom is 0.329 e. The van der Waals surface area contributed by atoms with Crippen molar-refractivity contribution in [1.82, 2.24) is 9.55 Å². The number of nitrogens with one attached hydrogen (secondary N) is 1. The number of hydrogen-bond donors (Lipinski definition) is 2. The molecule has 0 radical (unpaired) electrons. The molecule has 0 fully saturated rings. The smallest absolute Gasteiger partial charge is 0.329 e. The minimum Gasteiger partial charge on any atom is -0.384 e. The first-order valence-electron chi connectivity index (χ1n) is 8.94. The van der Waals surface area contributed by atoms with Gasteiger partial charge in [0, 0.05) is 18.3 Å². The summed E-state index contributed by atoms with van der Waals surface area (Å²) in [6.07, 6.45) is 2.57. The molecule has 0 unspecified atom stereocenters. The zero-order chi connectivity index (χ0) is 18.8. The SMILES string of the molecule is CCCn1c(N)c(C(=O)CN2c3ccccc3CC[C@H]2C)c(=O)[nH]c1=O. The van der Waals surface area contributed by atoms with Gasteiger partial charge in [-0.05, 0) is 37.8 Å². The predicted octanol–water partition coefficient (Wildman–Crippen LogP) is 1.55. The fourth-order valence-corrected chi connectivity index (χ4v) is 3.54. The largest absolute Gasteiger partial charge is 0.384 e. The number of aryl methyl sites for hydroxylation is 1. The number of aromatic amines is 1. The van der Waals surface area contributed by atoms with Crippen LogP contribution < -0.4 is 21.9 Å². The molecule has 7 nitrogen and oxygen atoms in total. The Balaban J connectivity index is 1.98. The van der Waals surface area contributed by atoms with Crippen molar-refractivity contribution < 1.29 is 4.79 Å². The molecule has 1 aromatic carbocycles. The Bertz CT molecular complexity index is 945. The first-order chi connectivity index (χ1) is 12.4. The normalized spacial score (nSPS) is 16.4. The Morgan fingerprint density at radius 1 is 1.31 bits per heavy atom. The van der Waals surface area contributed by atoms with E-state index in [0.29, 0.717) is 13.0 Å². The number of carbonyl (C=O) groups is 1. The molecule has 0 spiro atoms. The summed E-state index contributed by atoms with van der Waals surface area (Å²) in [7, 11) is 0. The lowest BCUT2D eigenvalue weighted by atomic mass is 9.96. The number of para-hydroxylation sites is 1. The molecule has 138 valence electrons. The summed E-state index contributed by atoms with van der Waals surface area (Å²) in [5.74, 6) is -0.430. The molecule has 1 aliphatic heterocycles. The number of rotatable bonds is 5. The number of Topliss-reactive ketones (excluding diaryl/α,β-unsaturated/α-hetero) is 1. The molecule has 26 heavy (non-hydrogen) atoms. The number of carbonyl (C=O) groups excluding carboxylic acids is 1. The van der Waals surface area contributed by atoms with Crippen LogP contribution in [-0.4, -0.2) is 27.9 Å². The van der Waals surface area contributed by atoms with Crippen LogP contribution in [0.2, 0.25) is 0 Å². The Labute approximate surface area is 151 Å². The molecule has 0 saturated carbocycles. The van der Waals surface area contributed by atoms with Gasteiger partial charge in [0.15, 0.2) is 5.78 Å². The molecule has 0 bridgehead atoms. The van der Waals surface area contributed by atoms with E-state index in [0.717, 1.165) is 18.5 Å². The number of H-pyrrole nitrogens is 1. The second kappa shape index (κ2) is 7.19. The van der Waals surface area contributed by atoms with Gasteiger partial charge in [-0.2, -0.15) is 0 Å². The third-order valence-corrected chi connectivity index (χ3v) is 4.94. The van der Waals surface area contributed by atoms with E-state index < -0.39 is 11.2 Å². The lowest BCUT2D eigenvalue weighted by Gasteiger charge is -2.36. The molecule has 0 aliphatic carbocycles. The molecule has 3 rings (SSSR count). The fraction of sp³-hybridized carbons (Fsp3) is 0.421. The van der Waals surface area contributed by atoms with Crippen molar-refractivity contribution in [2.75, 3.05) is 17.2 Å². The number of fused-ring (bicyclic) bond motifs is 1. The van der Waals surface area contributed by atoms with Crippen molar-refractivity contribution in [1.29, 1.82) is 0 Å². The predicted molar refractivity (Wildman–Crippen MR) is 102 cm³/mol. The molecule has 0 amide bonds. The molecule has 1 atom stereocenters. The second-order valence-electron chi connectivity index (χ2n) is 6.74.